The third-order valence-corrected chi connectivity index (χ3v) is 1.84. The zero-order chi connectivity index (χ0) is 11.2. The molecule has 0 aromatic heterocycles. The van der Waals surface area contributed by atoms with Crippen molar-refractivity contribution in [3.05, 3.63) is 12.2 Å². The Bertz CT molecular complexity index is 267. The van der Waals surface area contributed by atoms with Crippen LogP contribution in [-0.2, 0) is 0 Å². The van der Waals surface area contributed by atoms with Gasteiger partial charge >= 0.3 is 0 Å². The van der Waals surface area contributed by atoms with Crippen LogP contribution in [0.5, 0.6) is 0 Å². The first-order valence-electron chi connectivity index (χ1n) is 5.59. The highest BCUT2D eigenvalue weighted by Crippen LogP contribution is 1.96. The van der Waals surface area contributed by atoms with E-state index < -0.39 is 0 Å². The lowest BCUT2D eigenvalue weighted by Crippen LogP contribution is -1.71. The number of unbranched alkanes of at least 4 members (excludes halogenated alkanes) is 3. The number of aliphatic hydroxyl groups is 1. The molecule has 0 rings (SSSR count). The Morgan fingerprint density at radius 1 is 0.933 bits per heavy atom. The first-order valence-corrected chi connectivity index (χ1v) is 5.59. The molecule has 0 saturated heterocycles. The third kappa shape index (κ3) is 12.8. The lowest BCUT2D eigenvalue weighted by Gasteiger charge is -1.87. The van der Waals surface area contributed by atoms with Crippen LogP contribution in [0, 0.1) is 23.7 Å². The van der Waals surface area contributed by atoms with Gasteiger partial charge in [-0.3, -0.25) is 0 Å². The fourth-order valence-corrected chi connectivity index (χ4v) is 1.04. The fourth-order valence-electron chi connectivity index (χ4n) is 1.04. The summed E-state index contributed by atoms with van der Waals surface area (Å²) in [4.78, 5) is 0. The fraction of sp³-hybridized carbons (Fsp3) is 0.571. The molecule has 1 nitrogen and oxygen atoms in total. The molecular weight excluding hydrogens is 184 g/mol. The SMILES string of the molecule is CCCCCC#CC/C=C/CC#CCO. The average Bonchev–Trinajstić information content (AvgIpc) is 2.26. The van der Waals surface area contributed by atoms with Crippen molar-refractivity contribution in [1.82, 2.24) is 0 Å². The van der Waals surface area contributed by atoms with Crippen molar-refractivity contribution in [2.75, 3.05) is 6.61 Å². The summed E-state index contributed by atoms with van der Waals surface area (Å²) in [5, 5.41) is 8.39. The van der Waals surface area contributed by atoms with Crippen molar-refractivity contribution in [2.24, 2.45) is 0 Å². The highest BCUT2D eigenvalue weighted by atomic mass is 16.2. The van der Waals surface area contributed by atoms with Gasteiger partial charge in [0, 0.05) is 19.3 Å². The van der Waals surface area contributed by atoms with E-state index in [2.05, 4.69) is 30.6 Å². The molecular formula is C14H20O. The van der Waals surface area contributed by atoms with Crippen LogP contribution in [0.15, 0.2) is 12.2 Å². The van der Waals surface area contributed by atoms with Gasteiger partial charge in [-0.15, -0.1) is 5.92 Å². The van der Waals surface area contributed by atoms with Gasteiger partial charge < -0.3 is 5.11 Å². The summed E-state index contributed by atoms with van der Waals surface area (Å²) in [6.07, 6.45) is 10.3. The predicted molar refractivity (Wildman–Crippen MR) is 65.2 cm³/mol. The minimum atomic E-state index is -0.0505. The van der Waals surface area contributed by atoms with Crippen LogP contribution in [0.4, 0.5) is 0 Å². The van der Waals surface area contributed by atoms with Crippen LogP contribution in [-0.4, -0.2) is 11.7 Å². The Morgan fingerprint density at radius 3 is 2.20 bits per heavy atom. The van der Waals surface area contributed by atoms with Gasteiger partial charge in [0.05, 0.1) is 0 Å². The summed E-state index contributed by atoms with van der Waals surface area (Å²) < 4.78 is 0. The molecule has 0 heterocycles. The molecule has 0 amide bonds. The van der Waals surface area contributed by atoms with E-state index in [1.54, 1.807) is 0 Å². The lowest BCUT2D eigenvalue weighted by molar-refractivity contribution is 0.350. The van der Waals surface area contributed by atoms with Crippen LogP contribution in [0.25, 0.3) is 0 Å². The first-order chi connectivity index (χ1) is 7.41. The molecule has 1 N–H and O–H groups in total. The van der Waals surface area contributed by atoms with E-state index in [1.807, 2.05) is 12.2 Å². The zero-order valence-electron chi connectivity index (χ0n) is 9.55. The smallest absolute Gasteiger partial charge is 0.104 e. The van der Waals surface area contributed by atoms with E-state index in [1.165, 1.54) is 19.3 Å². The predicted octanol–water partition coefficient (Wildman–Crippen LogP) is 2.90. The van der Waals surface area contributed by atoms with E-state index >= 15 is 0 Å². The Hall–Kier alpha value is -1.18. The molecule has 0 radical (unpaired) electrons. The van der Waals surface area contributed by atoms with Crippen LogP contribution < -0.4 is 0 Å². The number of hydrogen-bond acceptors (Lipinski definition) is 1. The van der Waals surface area contributed by atoms with Crippen LogP contribution in [0.3, 0.4) is 0 Å². The van der Waals surface area contributed by atoms with Gasteiger partial charge in [-0.2, -0.15) is 0 Å². The first kappa shape index (κ1) is 13.8. The summed E-state index contributed by atoms with van der Waals surface area (Å²) in [5.74, 6) is 11.7. The maximum Gasteiger partial charge on any atom is 0.104 e. The summed E-state index contributed by atoms with van der Waals surface area (Å²) >= 11 is 0. The molecule has 1 heteroatoms. The molecule has 0 aromatic rings. The maximum absolute atomic E-state index is 8.39. The zero-order valence-corrected chi connectivity index (χ0v) is 9.55. The summed E-state index contributed by atoms with van der Waals surface area (Å²) in [6, 6.07) is 0. The monoisotopic (exact) mass is 204 g/mol. The maximum atomic E-state index is 8.39. The molecule has 0 fully saturated rings. The van der Waals surface area contributed by atoms with Gasteiger partial charge in [0.15, 0.2) is 0 Å². The minimum Gasteiger partial charge on any atom is -0.384 e. The molecule has 82 valence electrons. The van der Waals surface area contributed by atoms with Crippen LogP contribution in [0.1, 0.15) is 45.4 Å². The van der Waals surface area contributed by atoms with E-state index in [0.29, 0.717) is 6.42 Å². The molecule has 0 aliphatic rings. The van der Waals surface area contributed by atoms with Crippen molar-refractivity contribution in [3.63, 3.8) is 0 Å². The lowest BCUT2D eigenvalue weighted by atomic mass is 10.2. The summed E-state index contributed by atoms with van der Waals surface area (Å²) in [5.41, 5.74) is 0. The van der Waals surface area contributed by atoms with E-state index in [-0.39, 0.29) is 6.61 Å². The molecule has 0 atom stereocenters. The van der Waals surface area contributed by atoms with E-state index in [9.17, 15) is 0 Å². The molecule has 15 heavy (non-hydrogen) atoms. The average molecular weight is 204 g/mol. The van der Waals surface area contributed by atoms with Crippen molar-refractivity contribution < 1.29 is 5.11 Å². The van der Waals surface area contributed by atoms with Gasteiger partial charge in [-0.25, -0.2) is 0 Å². The minimum absolute atomic E-state index is 0.0505. The molecule has 0 saturated carbocycles. The normalized spacial score (nSPS) is 9.20. The van der Waals surface area contributed by atoms with Crippen molar-refractivity contribution >= 4 is 0 Å². The molecule has 0 bridgehead atoms. The quantitative estimate of drug-likeness (QED) is 0.415. The molecule has 0 aromatic carbocycles. The standard InChI is InChI=1S/C14H20O/c1-2-3-4-5-6-7-8-9-10-11-12-13-14-15/h9-10,15H,2-5,8,11,14H2,1H3/b10-9+. The van der Waals surface area contributed by atoms with Gasteiger partial charge in [0.1, 0.15) is 6.61 Å². The van der Waals surface area contributed by atoms with Gasteiger partial charge in [-0.1, -0.05) is 49.7 Å². The Balaban J connectivity index is 3.35. The van der Waals surface area contributed by atoms with E-state index in [4.69, 9.17) is 5.11 Å². The van der Waals surface area contributed by atoms with Crippen LogP contribution in [0.2, 0.25) is 0 Å². The Labute approximate surface area is 93.6 Å². The second-order valence-electron chi connectivity index (χ2n) is 3.20. The third-order valence-electron chi connectivity index (χ3n) is 1.84. The number of aliphatic hydroxyl groups excluding tert-OH is 1. The largest absolute Gasteiger partial charge is 0.384 e. The van der Waals surface area contributed by atoms with Gasteiger partial charge in [-0.05, 0) is 6.42 Å². The van der Waals surface area contributed by atoms with Crippen LogP contribution >= 0.6 is 0 Å². The van der Waals surface area contributed by atoms with Gasteiger partial charge in [0.2, 0.25) is 0 Å². The number of allylic oxidation sites excluding steroid dienone is 2. The van der Waals surface area contributed by atoms with Gasteiger partial charge in [0.25, 0.3) is 0 Å². The summed E-state index contributed by atoms with van der Waals surface area (Å²) in [6.45, 7) is 2.15. The number of rotatable bonds is 5. The van der Waals surface area contributed by atoms with E-state index in [0.717, 1.165) is 12.8 Å². The second-order valence-corrected chi connectivity index (χ2v) is 3.20. The molecule has 0 unspecified atom stereocenters. The highest BCUT2D eigenvalue weighted by Gasteiger charge is 1.79. The second kappa shape index (κ2) is 12.8. The molecule has 0 spiro atoms. The number of hydrogen-bond donors (Lipinski definition) is 1. The van der Waals surface area contributed by atoms with Crippen molar-refractivity contribution in [3.8, 4) is 23.7 Å². The van der Waals surface area contributed by atoms with Crippen molar-refractivity contribution in [2.45, 2.75) is 45.4 Å². The molecule has 0 aliphatic carbocycles. The highest BCUT2D eigenvalue weighted by molar-refractivity contribution is 5.08. The van der Waals surface area contributed by atoms with Crippen molar-refractivity contribution in [1.29, 1.82) is 0 Å². The topological polar surface area (TPSA) is 20.2 Å². The molecule has 0 aliphatic heterocycles. The Kier molecular flexibility index (Phi) is 11.8. The Morgan fingerprint density at radius 2 is 1.60 bits per heavy atom. The summed E-state index contributed by atoms with van der Waals surface area (Å²) in [7, 11) is 0.